The minimum atomic E-state index is -0.612. The Kier molecular flexibility index (Phi) is 5.92. The summed E-state index contributed by atoms with van der Waals surface area (Å²) in [6.45, 7) is 0.905. The van der Waals surface area contributed by atoms with E-state index in [0.29, 0.717) is 26.0 Å². The molecule has 2 aliphatic heterocycles. The van der Waals surface area contributed by atoms with Crippen molar-refractivity contribution < 1.29 is 19.2 Å². The molecule has 2 heterocycles. The summed E-state index contributed by atoms with van der Waals surface area (Å²) < 4.78 is 0. The van der Waals surface area contributed by atoms with Crippen LogP contribution in [0.2, 0.25) is 0 Å². The molecule has 1 aromatic carbocycles. The molecule has 2 fully saturated rings. The first-order valence-electron chi connectivity index (χ1n) is 8.96. The largest absolute Gasteiger partial charge is 0.345 e. The highest BCUT2D eigenvalue weighted by Crippen LogP contribution is 2.30. The third kappa shape index (κ3) is 4.55. The minimum absolute atomic E-state index is 0.0615. The van der Waals surface area contributed by atoms with Gasteiger partial charge in [0, 0.05) is 6.54 Å². The van der Waals surface area contributed by atoms with Crippen molar-refractivity contribution in [2.45, 2.75) is 31.5 Å². The molecule has 0 unspecified atom stereocenters. The molecule has 2 N–H and O–H groups in total. The van der Waals surface area contributed by atoms with E-state index >= 15 is 0 Å². The van der Waals surface area contributed by atoms with E-state index in [2.05, 4.69) is 10.9 Å². The van der Waals surface area contributed by atoms with E-state index in [-0.39, 0.29) is 30.4 Å². The van der Waals surface area contributed by atoms with Crippen molar-refractivity contribution in [2.24, 2.45) is 0 Å². The van der Waals surface area contributed by atoms with Crippen LogP contribution < -0.4 is 10.9 Å². The normalized spacial score (nSPS) is 21.5. The quantitative estimate of drug-likeness (QED) is 0.688. The Balaban J connectivity index is 1.54. The van der Waals surface area contributed by atoms with Crippen molar-refractivity contribution in [3.8, 4) is 0 Å². The summed E-state index contributed by atoms with van der Waals surface area (Å²) in [5.41, 5.74) is 5.77. The first-order valence-corrected chi connectivity index (χ1v) is 8.96. The van der Waals surface area contributed by atoms with Crippen LogP contribution in [0, 0.1) is 0 Å². The fraction of sp³-hybridized carbons (Fsp3) is 0.500. The van der Waals surface area contributed by atoms with Gasteiger partial charge in [-0.05, 0) is 32.5 Å². The second-order valence-electron chi connectivity index (χ2n) is 7.04. The van der Waals surface area contributed by atoms with Gasteiger partial charge >= 0.3 is 6.03 Å². The van der Waals surface area contributed by atoms with Crippen molar-refractivity contribution in [1.29, 1.82) is 0 Å². The number of likely N-dealkylation sites (N-methyl/N-ethyl adjacent to an activating group) is 1. The van der Waals surface area contributed by atoms with E-state index in [1.54, 1.807) is 19.0 Å². The number of carbonyl (C=O) groups is 3. The standard InChI is InChI=1S/C18H25N5O4/c1-21(2)11-16(24)19-20-17(25)15-9-8-14-10-22(15)18(26)23(14)27-12-13-6-4-3-5-7-13/h3-7,14-15H,8-12H2,1-2H3,(H,19,24)(H,20,25)/t14-,15+/m1/s1. The Morgan fingerprint density at radius 1 is 1.19 bits per heavy atom. The van der Waals surface area contributed by atoms with E-state index in [1.165, 1.54) is 9.96 Å². The average molecular weight is 375 g/mol. The van der Waals surface area contributed by atoms with Crippen LogP contribution in [0.1, 0.15) is 18.4 Å². The molecule has 0 aromatic heterocycles. The molecule has 0 radical (unpaired) electrons. The molecule has 9 heteroatoms. The van der Waals surface area contributed by atoms with Crippen molar-refractivity contribution >= 4 is 17.8 Å². The number of piperidine rings is 1. The Hall–Kier alpha value is -2.65. The van der Waals surface area contributed by atoms with Gasteiger partial charge in [0.05, 0.1) is 12.6 Å². The number of amides is 4. The summed E-state index contributed by atoms with van der Waals surface area (Å²) in [5.74, 6) is -0.707. The number of urea groups is 1. The summed E-state index contributed by atoms with van der Waals surface area (Å²) in [7, 11) is 3.52. The smallest absolute Gasteiger partial charge is 0.309 e. The Morgan fingerprint density at radius 3 is 2.63 bits per heavy atom. The van der Waals surface area contributed by atoms with Gasteiger partial charge in [0.2, 0.25) is 0 Å². The van der Waals surface area contributed by atoms with Crippen LogP contribution in [-0.2, 0) is 21.0 Å². The fourth-order valence-corrected chi connectivity index (χ4v) is 3.33. The highest BCUT2D eigenvalue weighted by atomic mass is 16.7. The second-order valence-corrected chi connectivity index (χ2v) is 7.04. The van der Waals surface area contributed by atoms with E-state index in [1.807, 2.05) is 30.3 Å². The Bertz CT molecular complexity index is 696. The maximum absolute atomic E-state index is 12.7. The number of hydrogen-bond acceptors (Lipinski definition) is 5. The molecule has 2 atom stereocenters. The zero-order chi connectivity index (χ0) is 19.4. The third-order valence-corrected chi connectivity index (χ3v) is 4.62. The number of carbonyl (C=O) groups excluding carboxylic acids is 3. The fourth-order valence-electron chi connectivity index (χ4n) is 3.33. The molecule has 3 rings (SSSR count). The van der Waals surface area contributed by atoms with Crippen molar-refractivity contribution in [3.63, 3.8) is 0 Å². The molecule has 2 saturated heterocycles. The molecule has 2 bridgehead atoms. The van der Waals surface area contributed by atoms with Crippen LogP contribution in [0.3, 0.4) is 0 Å². The van der Waals surface area contributed by atoms with Gasteiger partial charge in [-0.15, -0.1) is 0 Å². The Morgan fingerprint density at radius 2 is 1.93 bits per heavy atom. The summed E-state index contributed by atoms with van der Waals surface area (Å²) in [5, 5.41) is 1.38. The van der Waals surface area contributed by atoms with Crippen molar-refractivity contribution in [1.82, 2.24) is 25.7 Å². The summed E-state index contributed by atoms with van der Waals surface area (Å²) in [6.07, 6.45) is 1.19. The van der Waals surface area contributed by atoms with Gasteiger partial charge < -0.3 is 9.80 Å². The van der Waals surface area contributed by atoms with Gasteiger partial charge in [0.15, 0.2) is 0 Å². The number of hydrogen-bond donors (Lipinski definition) is 2. The van der Waals surface area contributed by atoms with Gasteiger partial charge in [-0.25, -0.2) is 4.79 Å². The molecule has 0 spiro atoms. The summed E-state index contributed by atoms with van der Waals surface area (Å²) in [4.78, 5) is 45.7. The molecule has 1 aromatic rings. The number of hydroxylamine groups is 2. The highest BCUT2D eigenvalue weighted by Gasteiger charge is 2.47. The molecule has 9 nitrogen and oxygen atoms in total. The average Bonchev–Trinajstić information content (AvgIpc) is 2.89. The molecule has 4 amide bonds. The van der Waals surface area contributed by atoms with Crippen LogP contribution in [0.5, 0.6) is 0 Å². The molecule has 0 saturated carbocycles. The highest BCUT2D eigenvalue weighted by molar-refractivity contribution is 5.90. The number of nitrogens with one attached hydrogen (secondary N) is 2. The molecule has 146 valence electrons. The number of benzene rings is 1. The molecular formula is C18H25N5O4. The lowest BCUT2D eigenvalue weighted by Gasteiger charge is -2.29. The third-order valence-electron chi connectivity index (χ3n) is 4.62. The SMILES string of the molecule is CN(C)CC(=O)NNC(=O)[C@@H]1CC[C@@H]2CN1C(=O)N2OCc1ccccc1. The second kappa shape index (κ2) is 8.36. The van der Waals surface area contributed by atoms with E-state index in [4.69, 9.17) is 4.84 Å². The lowest BCUT2D eigenvalue weighted by molar-refractivity contribution is -0.140. The predicted octanol–water partition coefficient (Wildman–Crippen LogP) is 0.0958. The first-order chi connectivity index (χ1) is 13.0. The number of nitrogens with zero attached hydrogens (tertiary/aromatic N) is 3. The molecule has 2 aliphatic rings. The zero-order valence-electron chi connectivity index (χ0n) is 15.6. The maximum atomic E-state index is 12.7. The number of fused-ring (bicyclic) bond motifs is 2. The van der Waals surface area contributed by atoms with Crippen LogP contribution in [0.15, 0.2) is 30.3 Å². The van der Waals surface area contributed by atoms with E-state index in [9.17, 15) is 14.4 Å². The van der Waals surface area contributed by atoms with Crippen molar-refractivity contribution in [3.05, 3.63) is 35.9 Å². The summed E-state index contributed by atoms with van der Waals surface area (Å²) >= 11 is 0. The van der Waals surface area contributed by atoms with Crippen LogP contribution in [-0.4, -0.2) is 72.0 Å². The first kappa shape index (κ1) is 19.1. The predicted molar refractivity (Wildman–Crippen MR) is 96.8 cm³/mol. The lowest BCUT2D eigenvalue weighted by Crippen LogP contribution is -2.55. The van der Waals surface area contributed by atoms with Gasteiger partial charge in [0.1, 0.15) is 12.6 Å². The number of rotatable bonds is 6. The topological polar surface area (TPSA) is 94.2 Å². The maximum Gasteiger partial charge on any atom is 0.345 e. The van der Waals surface area contributed by atoms with Gasteiger partial charge in [0.25, 0.3) is 11.8 Å². The van der Waals surface area contributed by atoms with Crippen LogP contribution >= 0.6 is 0 Å². The van der Waals surface area contributed by atoms with E-state index < -0.39 is 6.04 Å². The van der Waals surface area contributed by atoms with E-state index in [0.717, 1.165) is 5.56 Å². The molecular weight excluding hydrogens is 350 g/mol. The number of hydrazine groups is 1. The van der Waals surface area contributed by atoms with Crippen LogP contribution in [0.4, 0.5) is 4.79 Å². The Labute approximate surface area is 158 Å². The zero-order valence-corrected chi connectivity index (χ0v) is 15.6. The van der Waals surface area contributed by atoms with Crippen LogP contribution in [0.25, 0.3) is 0 Å². The van der Waals surface area contributed by atoms with Gasteiger partial charge in [-0.1, -0.05) is 30.3 Å². The van der Waals surface area contributed by atoms with Gasteiger partial charge in [-0.2, -0.15) is 5.06 Å². The molecule has 0 aliphatic carbocycles. The molecule has 27 heavy (non-hydrogen) atoms. The lowest BCUT2D eigenvalue weighted by atomic mass is 10.0. The monoisotopic (exact) mass is 375 g/mol. The van der Waals surface area contributed by atoms with Gasteiger partial charge in [-0.3, -0.25) is 25.3 Å². The minimum Gasteiger partial charge on any atom is -0.309 e. The summed E-state index contributed by atoms with van der Waals surface area (Å²) in [6, 6.07) is 8.62. The van der Waals surface area contributed by atoms with Crippen molar-refractivity contribution in [2.75, 3.05) is 27.2 Å².